The van der Waals surface area contributed by atoms with Crippen LogP contribution in [0.15, 0.2) is 36.5 Å². The van der Waals surface area contributed by atoms with E-state index < -0.39 is 6.09 Å². The number of Topliss-reactive ketones (excluding diaryl/α,β-unsaturated/α-hetero) is 1. The molecule has 2 aromatic carbocycles. The molecule has 0 bridgehead atoms. The van der Waals surface area contributed by atoms with Crippen molar-refractivity contribution in [1.29, 1.82) is 0 Å². The standard InChI is InChI=1S/C27H30ClN3O5/c1-3-4-23(32)20-14-29-22-10-5-15(16-12-21(28)26(33)24(13-16)36-2)11-19(22)25(20)30-17-6-8-18(9-7-17)31-27(34)35/h5,10-14,17-18,31,33H,3-4,6-9H2,1-2H3,(H,29,30)(H,34,35). The summed E-state index contributed by atoms with van der Waals surface area (Å²) in [6, 6.07) is 9.20. The van der Waals surface area contributed by atoms with Gasteiger partial charge in [0.1, 0.15) is 0 Å². The first-order valence-electron chi connectivity index (χ1n) is 12.1. The number of carbonyl (C=O) groups excluding carboxylic acids is 1. The Morgan fingerprint density at radius 1 is 1.11 bits per heavy atom. The minimum atomic E-state index is -1.00. The zero-order chi connectivity index (χ0) is 25.8. The molecule has 8 nitrogen and oxygen atoms in total. The van der Waals surface area contributed by atoms with Crippen LogP contribution in [0.5, 0.6) is 11.5 Å². The maximum atomic E-state index is 13.0. The number of aromatic nitrogens is 1. The number of hydrogen-bond donors (Lipinski definition) is 4. The molecule has 1 aliphatic carbocycles. The van der Waals surface area contributed by atoms with Gasteiger partial charge in [-0.05, 0) is 67.5 Å². The van der Waals surface area contributed by atoms with Gasteiger partial charge >= 0.3 is 6.09 Å². The topological polar surface area (TPSA) is 121 Å². The molecule has 36 heavy (non-hydrogen) atoms. The number of benzene rings is 2. The maximum Gasteiger partial charge on any atom is 0.404 e. The molecule has 3 aromatic rings. The van der Waals surface area contributed by atoms with Crippen LogP contribution < -0.4 is 15.4 Å². The van der Waals surface area contributed by atoms with Crippen LogP contribution in [-0.4, -0.2) is 46.3 Å². The van der Waals surface area contributed by atoms with Crippen molar-refractivity contribution in [3.05, 3.63) is 47.1 Å². The zero-order valence-corrected chi connectivity index (χ0v) is 21.1. The van der Waals surface area contributed by atoms with E-state index in [1.165, 1.54) is 7.11 Å². The second-order valence-corrected chi connectivity index (χ2v) is 9.51. The molecule has 1 aliphatic rings. The summed E-state index contributed by atoms with van der Waals surface area (Å²) in [7, 11) is 1.47. The van der Waals surface area contributed by atoms with E-state index in [1.807, 2.05) is 25.1 Å². The van der Waals surface area contributed by atoms with Crippen LogP contribution in [0.2, 0.25) is 5.02 Å². The molecule has 9 heteroatoms. The van der Waals surface area contributed by atoms with E-state index in [0.717, 1.165) is 59.8 Å². The van der Waals surface area contributed by atoms with Gasteiger partial charge in [-0.25, -0.2) is 4.79 Å². The summed E-state index contributed by atoms with van der Waals surface area (Å²) in [6.07, 6.45) is 4.79. The molecule has 0 radical (unpaired) electrons. The van der Waals surface area contributed by atoms with E-state index in [4.69, 9.17) is 21.4 Å². The van der Waals surface area contributed by atoms with Crippen LogP contribution in [0.1, 0.15) is 55.8 Å². The van der Waals surface area contributed by atoms with E-state index in [0.29, 0.717) is 12.0 Å². The Morgan fingerprint density at radius 2 is 1.83 bits per heavy atom. The van der Waals surface area contributed by atoms with Crippen LogP contribution in [0.4, 0.5) is 10.5 Å². The van der Waals surface area contributed by atoms with Crippen molar-refractivity contribution in [3.63, 3.8) is 0 Å². The number of pyridine rings is 1. The number of phenols is 1. The molecule has 1 heterocycles. The lowest BCUT2D eigenvalue weighted by Crippen LogP contribution is -2.39. The van der Waals surface area contributed by atoms with Crippen LogP contribution >= 0.6 is 11.6 Å². The predicted octanol–water partition coefficient (Wildman–Crippen LogP) is 6.24. The fourth-order valence-electron chi connectivity index (χ4n) is 4.76. The van der Waals surface area contributed by atoms with Crippen LogP contribution in [-0.2, 0) is 0 Å². The van der Waals surface area contributed by atoms with Gasteiger partial charge in [-0.2, -0.15) is 0 Å². The number of rotatable bonds is 8. The predicted molar refractivity (Wildman–Crippen MR) is 140 cm³/mol. The Balaban J connectivity index is 1.74. The average molecular weight is 512 g/mol. The number of methoxy groups -OCH3 is 1. The van der Waals surface area contributed by atoms with Crippen molar-refractivity contribution >= 4 is 40.1 Å². The van der Waals surface area contributed by atoms with E-state index in [9.17, 15) is 14.7 Å². The van der Waals surface area contributed by atoms with Crippen LogP contribution in [0.25, 0.3) is 22.0 Å². The number of aromatic hydroxyl groups is 1. The molecule has 1 fully saturated rings. The Kier molecular flexibility index (Phi) is 7.84. The van der Waals surface area contributed by atoms with E-state index in [-0.39, 0.29) is 34.4 Å². The second-order valence-electron chi connectivity index (χ2n) is 9.10. The second kappa shape index (κ2) is 11.0. The molecule has 0 unspecified atom stereocenters. The number of ketones is 1. The zero-order valence-electron chi connectivity index (χ0n) is 20.3. The summed E-state index contributed by atoms with van der Waals surface area (Å²) in [5.41, 5.74) is 3.63. The van der Waals surface area contributed by atoms with Crippen LogP contribution in [0, 0.1) is 0 Å². The molecule has 190 valence electrons. The summed E-state index contributed by atoms with van der Waals surface area (Å²) in [6.45, 7) is 1.97. The van der Waals surface area contributed by atoms with Crippen molar-refractivity contribution in [2.75, 3.05) is 12.4 Å². The lowest BCUT2D eigenvalue weighted by atomic mass is 9.90. The van der Waals surface area contributed by atoms with Gasteiger partial charge in [-0.3, -0.25) is 9.78 Å². The highest BCUT2D eigenvalue weighted by Gasteiger charge is 2.25. The number of carbonyl (C=O) groups is 2. The molecular formula is C27H30ClN3O5. The van der Waals surface area contributed by atoms with Gasteiger partial charge in [-0.15, -0.1) is 0 Å². The maximum absolute atomic E-state index is 13.0. The lowest BCUT2D eigenvalue weighted by molar-refractivity contribution is 0.0982. The average Bonchev–Trinajstić information content (AvgIpc) is 2.86. The van der Waals surface area contributed by atoms with E-state index in [2.05, 4.69) is 15.6 Å². The first-order chi connectivity index (χ1) is 17.3. The van der Waals surface area contributed by atoms with Crippen LogP contribution in [0.3, 0.4) is 0 Å². The third kappa shape index (κ3) is 5.49. The third-order valence-corrected chi connectivity index (χ3v) is 6.92. The molecule has 0 saturated heterocycles. The van der Waals surface area contributed by atoms with Gasteiger partial charge in [0.15, 0.2) is 17.3 Å². The van der Waals surface area contributed by atoms with Gasteiger partial charge in [0.25, 0.3) is 0 Å². The van der Waals surface area contributed by atoms with Crippen molar-refractivity contribution < 1.29 is 24.5 Å². The molecule has 1 saturated carbocycles. The number of halogens is 1. The van der Waals surface area contributed by atoms with Crippen molar-refractivity contribution in [2.45, 2.75) is 57.5 Å². The van der Waals surface area contributed by atoms with Gasteiger partial charge in [0, 0.05) is 30.1 Å². The fraction of sp³-hybridized carbons (Fsp3) is 0.370. The minimum Gasteiger partial charge on any atom is -0.503 e. The number of carboxylic acid groups (broad SMARTS) is 1. The summed E-state index contributed by atoms with van der Waals surface area (Å²) >= 11 is 6.23. The first-order valence-corrected chi connectivity index (χ1v) is 12.5. The SMILES string of the molecule is CCCC(=O)c1cnc2ccc(-c3cc(Cl)c(O)c(OC)c3)cc2c1NC1CCC(NC(=O)O)CC1. The fourth-order valence-corrected chi connectivity index (χ4v) is 4.97. The Hall–Kier alpha value is -3.52. The van der Waals surface area contributed by atoms with Gasteiger partial charge in [-0.1, -0.05) is 24.6 Å². The summed E-state index contributed by atoms with van der Waals surface area (Å²) in [5, 5.41) is 26.3. The molecule has 0 spiro atoms. The number of nitrogens with one attached hydrogen (secondary N) is 2. The quantitative estimate of drug-likeness (QED) is 0.264. The Morgan fingerprint density at radius 3 is 2.50 bits per heavy atom. The Labute approximate surface area is 214 Å². The highest BCUT2D eigenvalue weighted by Crippen LogP contribution is 2.40. The monoisotopic (exact) mass is 511 g/mol. The summed E-state index contributed by atoms with van der Waals surface area (Å²) < 4.78 is 5.26. The van der Waals surface area contributed by atoms with Gasteiger partial charge < -0.3 is 25.6 Å². The normalized spacial score (nSPS) is 17.5. The van der Waals surface area contributed by atoms with Crippen molar-refractivity contribution in [3.8, 4) is 22.6 Å². The number of nitrogens with zero attached hydrogens (tertiary/aromatic N) is 1. The summed E-state index contributed by atoms with van der Waals surface area (Å²) in [5.74, 6) is 0.177. The highest BCUT2D eigenvalue weighted by atomic mass is 35.5. The first kappa shape index (κ1) is 25.6. The molecule has 4 rings (SSSR count). The third-order valence-electron chi connectivity index (χ3n) is 6.63. The minimum absolute atomic E-state index is 0.0235. The number of amides is 1. The molecule has 0 atom stereocenters. The van der Waals surface area contributed by atoms with E-state index in [1.54, 1.807) is 18.3 Å². The number of anilines is 1. The van der Waals surface area contributed by atoms with Crippen molar-refractivity contribution in [2.24, 2.45) is 0 Å². The van der Waals surface area contributed by atoms with Crippen molar-refractivity contribution in [1.82, 2.24) is 10.3 Å². The lowest BCUT2D eigenvalue weighted by Gasteiger charge is -2.30. The molecule has 4 N–H and O–H groups in total. The Bertz CT molecular complexity index is 1290. The number of fused-ring (bicyclic) bond motifs is 1. The number of ether oxygens (including phenoxy) is 1. The molecule has 0 aliphatic heterocycles. The highest BCUT2D eigenvalue weighted by molar-refractivity contribution is 6.32. The smallest absolute Gasteiger partial charge is 0.404 e. The number of hydrogen-bond acceptors (Lipinski definition) is 6. The molecule has 1 amide bonds. The number of phenolic OH excluding ortho intramolecular Hbond substituents is 1. The van der Waals surface area contributed by atoms with Gasteiger partial charge in [0.05, 0.1) is 28.9 Å². The van der Waals surface area contributed by atoms with Gasteiger partial charge in [0.2, 0.25) is 0 Å². The molecular weight excluding hydrogens is 482 g/mol. The van der Waals surface area contributed by atoms with E-state index >= 15 is 0 Å². The molecule has 1 aromatic heterocycles. The summed E-state index contributed by atoms with van der Waals surface area (Å²) in [4.78, 5) is 28.6. The largest absolute Gasteiger partial charge is 0.503 e.